The molecule has 6 nitrogen and oxygen atoms in total. The third kappa shape index (κ3) is 6.09. The number of aromatic amines is 1. The number of amides is 1. The Hall–Kier alpha value is -2.80. The highest BCUT2D eigenvalue weighted by Gasteiger charge is 2.17. The van der Waals surface area contributed by atoms with Crippen LogP contribution in [0.4, 0.5) is 0 Å². The maximum absolute atomic E-state index is 12.5. The van der Waals surface area contributed by atoms with Crippen LogP contribution in [0.1, 0.15) is 31.9 Å². The molecule has 0 saturated carbocycles. The minimum Gasteiger partial charge on any atom is -0.497 e. The van der Waals surface area contributed by atoms with E-state index in [0.29, 0.717) is 16.9 Å². The van der Waals surface area contributed by atoms with E-state index in [0.717, 1.165) is 23.3 Å². The van der Waals surface area contributed by atoms with Gasteiger partial charge in [-0.15, -0.1) is 5.10 Å². The minimum atomic E-state index is -0.0275. The van der Waals surface area contributed by atoms with Gasteiger partial charge in [-0.05, 0) is 42.2 Å². The van der Waals surface area contributed by atoms with Crippen LogP contribution in [0.15, 0.2) is 59.8 Å². The van der Waals surface area contributed by atoms with E-state index >= 15 is 0 Å². The number of H-pyrrole nitrogens is 1. The summed E-state index contributed by atoms with van der Waals surface area (Å²) in [4.78, 5) is 17.0. The van der Waals surface area contributed by atoms with Gasteiger partial charge >= 0.3 is 0 Å². The van der Waals surface area contributed by atoms with Crippen molar-refractivity contribution in [1.29, 1.82) is 0 Å². The van der Waals surface area contributed by atoms with Gasteiger partial charge in [0.05, 0.1) is 18.9 Å². The Kier molecular flexibility index (Phi) is 7.30. The second kappa shape index (κ2) is 10.1. The Balaban J connectivity index is 1.57. The molecular weight excluding hydrogens is 384 g/mol. The molecule has 0 spiro atoms. The molecular formula is C22H26N4O2S. The number of nitrogens with one attached hydrogen (secondary N) is 2. The normalized spacial score (nSPS) is 12.0. The Morgan fingerprint density at radius 1 is 1.14 bits per heavy atom. The van der Waals surface area contributed by atoms with Crippen LogP contribution in [-0.2, 0) is 4.79 Å². The summed E-state index contributed by atoms with van der Waals surface area (Å²) in [6.07, 6.45) is 0.892. The molecule has 0 bridgehead atoms. The van der Waals surface area contributed by atoms with Crippen LogP contribution in [0.3, 0.4) is 0 Å². The van der Waals surface area contributed by atoms with E-state index in [4.69, 9.17) is 4.74 Å². The first-order valence-electron chi connectivity index (χ1n) is 9.59. The number of methoxy groups -OCH3 is 1. The molecule has 1 atom stereocenters. The van der Waals surface area contributed by atoms with Gasteiger partial charge in [0.1, 0.15) is 5.75 Å². The Morgan fingerprint density at radius 3 is 2.52 bits per heavy atom. The smallest absolute Gasteiger partial charge is 0.230 e. The van der Waals surface area contributed by atoms with Crippen molar-refractivity contribution >= 4 is 17.7 Å². The zero-order valence-corrected chi connectivity index (χ0v) is 17.7. The van der Waals surface area contributed by atoms with Crippen molar-refractivity contribution < 1.29 is 9.53 Å². The summed E-state index contributed by atoms with van der Waals surface area (Å²) >= 11 is 1.32. The maximum atomic E-state index is 12.5. The van der Waals surface area contributed by atoms with Crippen molar-refractivity contribution in [2.75, 3.05) is 12.9 Å². The second-order valence-electron chi connectivity index (χ2n) is 7.14. The molecule has 1 amide bonds. The molecule has 3 rings (SSSR count). The number of carbonyl (C=O) groups excluding carboxylic acids is 1. The van der Waals surface area contributed by atoms with Crippen molar-refractivity contribution in [3.63, 3.8) is 0 Å². The fourth-order valence-electron chi connectivity index (χ4n) is 2.99. The zero-order valence-electron chi connectivity index (χ0n) is 16.9. The molecule has 29 heavy (non-hydrogen) atoms. The highest BCUT2D eigenvalue weighted by molar-refractivity contribution is 7.99. The van der Waals surface area contributed by atoms with E-state index in [9.17, 15) is 4.79 Å². The maximum Gasteiger partial charge on any atom is 0.230 e. The molecule has 0 fully saturated rings. The van der Waals surface area contributed by atoms with E-state index in [-0.39, 0.29) is 17.7 Å². The lowest BCUT2D eigenvalue weighted by Gasteiger charge is -2.21. The SMILES string of the molecule is COc1ccc(-c2nc(SCC(=O)N[C@H](CC(C)C)c3ccccc3)n[nH]2)cc1. The first kappa shape index (κ1) is 20.9. The van der Waals surface area contributed by atoms with Gasteiger partial charge in [0.2, 0.25) is 11.1 Å². The minimum absolute atomic E-state index is 0.00584. The number of benzene rings is 2. The Labute approximate surface area is 175 Å². The summed E-state index contributed by atoms with van der Waals surface area (Å²) in [5.74, 6) is 2.17. The molecule has 0 aliphatic rings. The first-order chi connectivity index (χ1) is 14.0. The molecule has 3 aromatic rings. The lowest BCUT2D eigenvalue weighted by molar-refractivity contribution is -0.119. The summed E-state index contributed by atoms with van der Waals surface area (Å²) < 4.78 is 5.17. The number of nitrogens with zero attached hydrogens (tertiary/aromatic N) is 2. The standard InChI is InChI=1S/C22H26N4O2S/c1-15(2)13-19(16-7-5-4-6-8-16)23-20(27)14-29-22-24-21(25-26-22)17-9-11-18(28-3)12-10-17/h4-12,15,19H,13-14H2,1-3H3,(H,23,27)(H,24,25,26)/t19-/m1/s1. The lowest BCUT2D eigenvalue weighted by atomic mass is 9.97. The summed E-state index contributed by atoms with van der Waals surface area (Å²) in [5.41, 5.74) is 2.04. The van der Waals surface area contributed by atoms with Crippen LogP contribution in [0, 0.1) is 5.92 Å². The molecule has 1 heterocycles. The number of thioether (sulfide) groups is 1. The van der Waals surface area contributed by atoms with Crippen molar-refractivity contribution in [3.05, 3.63) is 60.2 Å². The summed E-state index contributed by atoms with van der Waals surface area (Å²) in [7, 11) is 1.63. The monoisotopic (exact) mass is 410 g/mol. The van der Waals surface area contributed by atoms with Crippen LogP contribution in [0.25, 0.3) is 11.4 Å². The molecule has 2 aromatic carbocycles. The third-order valence-electron chi connectivity index (χ3n) is 4.40. The molecule has 152 valence electrons. The molecule has 0 radical (unpaired) electrons. The fourth-order valence-corrected chi connectivity index (χ4v) is 3.60. The highest BCUT2D eigenvalue weighted by Crippen LogP contribution is 2.23. The first-order valence-corrected chi connectivity index (χ1v) is 10.6. The number of ether oxygens (including phenoxy) is 1. The summed E-state index contributed by atoms with van der Waals surface area (Å²) in [6, 6.07) is 17.7. The molecule has 0 aliphatic heterocycles. The van der Waals surface area contributed by atoms with Crippen LogP contribution in [0.2, 0.25) is 0 Å². The van der Waals surface area contributed by atoms with Crippen LogP contribution < -0.4 is 10.1 Å². The number of rotatable bonds is 9. The quantitative estimate of drug-likeness (QED) is 0.509. The number of hydrogen-bond acceptors (Lipinski definition) is 5. The topological polar surface area (TPSA) is 79.9 Å². The van der Waals surface area contributed by atoms with Crippen molar-refractivity contribution in [2.24, 2.45) is 5.92 Å². The summed E-state index contributed by atoms with van der Waals surface area (Å²) in [6.45, 7) is 4.32. The average Bonchev–Trinajstić information content (AvgIpc) is 3.21. The zero-order chi connectivity index (χ0) is 20.6. The van der Waals surface area contributed by atoms with Crippen LogP contribution >= 0.6 is 11.8 Å². The van der Waals surface area contributed by atoms with Gasteiger partial charge in [0.25, 0.3) is 0 Å². The summed E-state index contributed by atoms with van der Waals surface area (Å²) in [5, 5.41) is 10.8. The molecule has 7 heteroatoms. The van der Waals surface area contributed by atoms with Crippen LogP contribution in [-0.4, -0.2) is 34.0 Å². The Bertz CT molecular complexity index is 910. The number of aromatic nitrogens is 3. The lowest BCUT2D eigenvalue weighted by Crippen LogP contribution is -2.30. The number of carbonyl (C=O) groups is 1. The number of hydrogen-bond donors (Lipinski definition) is 2. The molecule has 0 aliphatic carbocycles. The van der Waals surface area contributed by atoms with Crippen LogP contribution in [0.5, 0.6) is 5.75 Å². The van der Waals surface area contributed by atoms with E-state index in [1.54, 1.807) is 7.11 Å². The van der Waals surface area contributed by atoms with Gasteiger partial charge in [0, 0.05) is 5.56 Å². The molecule has 2 N–H and O–H groups in total. The predicted molar refractivity (Wildman–Crippen MR) is 116 cm³/mol. The van der Waals surface area contributed by atoms with E-state index in [1.165, 1.54) is 11.8 Å². The van der Waals surface area contributed by atoms with E-state index in [1.807, 2.05) is 42.5 Å². The van der Waals surface area contributed by atoms with Gasteiger partial charge < -0.3 is 10.1 Å². The molecule has 0 saturated heterocycles. The van der Waals surface area contributed by atoms with Crippen molar-refractivity contribution in [2.45, 2.75) is 31.5 Å². The average molecular weight is 411 g/mol. The van der Waals surface area contributed by atoms with Gasteiger partial charge in [-0.1, -0.05) is 55.9 Å². The largest absolute Gasteiger partial charge is 0.497 e. The van der Waals surface area contributed by atoms with Gasteiger partial charge in [-0.3, -0.25) is 9.89 Å². The third-order valence-corrected chi connectivity index (χ3v) is 5.25. The van der Waals surface area contributed by atoms with E-state index in [2.05, 4.69) is 46.5 Å². The van der Waals surface area contributed by atoms with Gasteiger partial charge in [-0.2, -0.15) is 0 Å². The van der Waals surface area contributed by atoms with Crippen molar-refractivity contribution in [3.8, 4) is 17.1 Å². The second-order valence-corrected chi connectivity index (χ2v) is 8.09. The highest BCUT2D eigenvalue weighted by atomic mass is 32.2. The van der Waals surface area contributed by atoms with Gasteiger partial charge in [0.15, 0.2) is 5.82 Å². The molecule has 0 unspecified atom stereocenters. The predicted octanol–water partition coefficient (Wildman–Crippen LogP) is 4.48. The Morgan fingerprint density at radius 2 is 1.86 bits per heavy atom. The van der Waals surface area contributed by atoms with Crippen molar-refractivity contribution in [1.82, 2.24) is 20.5 Å². The molecule has 1 aromatic heterocycles. The van der Waals surface area contributed by atoms with Gasteiger partial charge in [-0.25, -0.2) is 4.98 Å². The fraction of sp³-hybridized carbons (Fsp3) is 0.318. The van der Waals surface area contributed by atoms with E-state index < -0.39 is 0 Å².